The molecule has 0 aromatic rings. The van der Waals surface area contributed by atoms with Gasteiger partial charge in [-0.3, -0.25) is 9.59 Å². The van der Waals surface area contributed by atoms with E-state index >= 15 is 0 Å². The number of amides is 2. The van der Waals surface area contributed by atoms with Crippen LogP contribution >= 0.6 is 0 Å². The number of aliphatic hydroxyl groups excluding tert-OH is 1. The van der Waals surface area contributed by atoms with E-state index in [0.717, 1.165) is 4.90 Å². The minimum Gasteiger partial charge on any atom is -0.616 e. The second-order valence-electron chi connectivity index (χ2n) is 5.20. The highest BCUT2D eigenvalue weighted by molar-refractivity contribution is 7.92. The van der Waals surface area contributed by atoms with Gasteiger partial charge >= 0.3 is 5.97 Å². The van der Waals surface area contributed by atoms with Crippen LogP contribution in [0.15, 0.2) is 11.3 Å². The molecule has 8 nitrogen and oxygen atoms in total. The first kappa shape index (κ1) is 15.8. The quantitative estimate of drug-likeness (QED) is 0.388. The van der Waals surface area contributed by atoms with Crippen molar-refractivity contribution in [2.75, 3.05) is 11.5 Å². The Morgan fingerprint density at radius 2 is 2.19 bits per heavy atom. The summed E-state index contributed by atoms with van der Waals surface area (Å²) in [5.41, 5.74) is 5.12. The maximum atomic E-state index is 11.9. The summed E-state index contributed by atoms with van der Waals surface area (Å²) in [6.45, 7) is 1.48. The van der Waals surface area contributed by atoms with Crippen molar-refractivity contribution in [2.45, 2.75) is 25.5 Å². The van der Waals surface area contributed by atoms with Gasteiger partial charge in [0.15, 0.2) is 5.75 Å². The molecule has 9 heteroatoms. The van der Waals surface area contributed by atoms with Gasteiger partial charge in [0.1, 0.15) is 11.4 Å². The summed E-state index contributed by atoms with van der Waals surface area (Å²) < 4.78 is 11.7. The maximum absolute atomic E-state index is 11.9. The summed E-state index contributed by atoms with van der Waals surface area (Å²) in [4.78, 5) is 35.1. The molecule has 0 saturated carbocycles. The normalized spacial score (nSPS) is 27.2. The summed E-state index contributed by atoms with van der Waals surface area (Å²) in [5, 5.41) is 18.8. The molecular weight excluding hydrogens is 300 g/mol. The van der Waals surface area contributed by atoms with Gasteiger partial charge in [0.05, 0.1) is 18.1 Å². The van der Waals surface area contributed by atoms with E-state index < -0.39 is 47.0 Å². The first-order valence-electron chi connectivity index (χ1n) is 6.33. The van der Waals surface area contributed by atoms with Crippen molar-refractivity contribution < 1.29 is 29.1 Å². The zero-order valence-electron chi connectivity index (χ0n) is 11.3. The number of β-lactam (4-membered cyclic amide) rings is 1. The van der Waals surface area contributed by atoms with Crippen LogP contribution < -0.4 is 5.73 Å². The van der Waals surface area contributed by atoms with Gasteiger partial charge in [-0.25, -0.2) is 4.79 Å². The molecule has 4 N–H and O–H groups in total. The highest BCUT2D eigenvalue weighted by Gasteiger charge is 2.57. The predicted molar refractivity (Wildman–Crippen MR) is 72.2 cm³/mol. The van der Waals surface area contributed by atoms with E-state index in [1.165, 1.54) is 6.92 Å². The summed E-state index contributed by atoms with van der Waals surface area (Å²) in [7, 11) is 0. The molecule has 4 atom stereocenters. The lowest BCUT2D eigenvalue weighted by Gasteiger charge is -2.44. The number of fused-ring (bicyclic) bond motifs is 1. The number of nitrogens with zero attached hydrogens (tertiary/aromatic N) is 1. The van der Waals surface area contributed by atoms with Crippen molar-refractivity contribution in [3.63, 3.8) is 0 Å². The second-order valence-corrected chi connectivity index (χ2v) is 6.66. The third-order valence-electron chi connectivity index (χ3n) is 3.66. The summed E-state index contributed by atoms with van der Waals surface area (Å²) in [5.74, 6) is -3.55. The molecule has 4 unspecified atom stereocenters. The first-order chi connectivity index (χ1) is 9.73. The van der Waals surface area contributed by atoms with E-state index in [9.17, 15) is 29.1 Å². The number of carboxylic acids is 1. The smallest absolute Gasteiger partial charge is 0.352 e. The number of primary amides is 1. The molecule has 2 heterocycles. The van der Waals surface area contributed by atoms with Crippen LogP contribution in [0, 0.1) is 5.92 Å². The molecule has 0 aromatic carbocycles. The van der Waals surface area contributed by atoms with E-state index in [0.29, 0.717) is 5.57 Å². The topological polar surface area (TPSA) is 144 Å². The zero-order valence-corrected chi connectivity index (χ0v) is 12.1. The molecule has 0 spiro atoms. The molecule has 2 aliphatic rings. The fourth-order valence-corrected chi connectivity index (χ4v) is 3.96. The molecular formula is C12H16N2O6S. The van der Waals surface area contributed by atoms with Gasteiger partial charge in [-0.05, 0) is 24.5 Å². The second kappa shape index (κ2) is 5.66. The first-order valence-corrected chi connectivity index (χ1v) is 7.82. The summed E-state index contributed by atoms with van der Waals surface area (Å²) in [6.07, 6.45) is -0.628. The molecule has 0 aliphatic carbocycles. The number of carboxylic acid groups (broad SMARTS) is 1. The minimum absolute atomic E-state index is 0.114. The van der Waals surface area contributed by atoms with E-state index in [2.05, 4.69) is 0 Å². The Hall–Kier alpha value is -1.58. The highest BCUT2D eigenvalue weighted by Crippen LogP contribution is 2.43. The fourth-order valence-electron chi connectivity index (χ4n) is 2.89. The Labute approximate surface area is 123 Å². The fraction of sp³-hybridized carbons (Fsp3) is 0.583. The van der Waals surface area contributed by atoms with Gasteiger partial charge in [0, 0.05) is 5.57 Å². The summed E-state index contributed by atoms with van der Waals surface area (Å²) >= 11 is -1.61. The Balaban J connectivity index is 2.19. The lowest BCUT2D eigenvalue weighted by Crippen LogP contribution is -2.61. The van der Waals surface area contributed by atoms with E-state index in [-0.39, 0.29) is 23.6 Å². The van der Waals surface area contributed by atoms with Gasteiger partial charge in [0.2, 0.25) is 5.91 Å². The van der Waals surface area contributed by atoms with Crippen molar-refractivity contribution in [3.8, 4) is 0 Å². The van der Waals surface area contributed by atoms with Gasteiger partial charge in [-0.2, -0.15) is 0 Å². The molecule has 2 aliphatic heterocycles. The van der Waals surface area contributed by atoms with Gasteiger partial charge < -0.3 is 25.4 Å². The Bertz CT molecular complexity index is 532. The van der Waals surface area contributed by atoms with Gasteiger partial charge in [0.25, 0.3) is 5.91 Å². The van der Waals surface area contributed by atoms with Crippen molar-refractivity contribution in [3.05, 3.63) is 11.3 Å². The summed E-state index contributed by atoms with van der Waals surface area (Å²) in [6, 6.07) is -0.413. The van der Waals surface area contributed by atoms with Crippen LogP contribution in [-0.2, 0) is 25.6 Å². The molecule has 2 amide bonds. The zero-order chi connectivity index (χ0) is 15.9. The predicted octanol–water partition coefficient (Wildman–Crippen LogP) is -1.83. The number of aliphatic carboxylic acids is 1. The van der Waals surface area contributed by atoms with E-state index in [1.54, 1.807) is 0 Å². The minimum atomic E-state index is -1.61. The lowest BCUT2D eigenvalue weighted by molar-refractivity contribution is -0.161. The monoisotopic (exact) mass is 316 g/mol. The van der Waals surface area contributed by atoms with Crippen molar-refractivity contribution in [1.82, 2.24) is 4.90 Å². The number of carbonyl (C=O) groups excluding carboxylic acids is 2. The van der Waals surface area contributed by atoms with E-state index in [1.807, 2.05) is 0 Å². The third-order valence-corrected chi connectivity index (χ3v) is 4.94. The molecule has 21 heavy (non-hydrogen) atoms. The maximum Gasteiger partial charge on any atom is 0.352 e. The van der Waals surface area contributed by atoms with Crippen LogP contribution in [-0.4, -0.2) is 61.1 Å². The van der Waals surface area contributed by atoms with Crippen LogP contribution in [0.2, 0.25) is 0 Å². The van der Waals surface area contributed by atoms with Crippen LogP contribution in [0.25, 0.3) is 0 Å². The van der Waals surface area contributed by atoms with Crippen molar-refractivity contribution in [1.29, 1.82) is 0 Å². The van der Waals surface area contributed by atoms with Crippen LogP contribution in [0.1, 0.15) is 13.3 Å². The van der Waals surface area contributed by atoms with Crippen LogP contribution in [0.5, 0.6) is 0 Å². The Morgan fingerprint density at radius 3 is 2.67 bits per heavy atom. The lowest BCUT2D eigenvalue weighted by atomic mass is 9.83. The number of carbonyl (C=O) groups is 3. The number of nitrogens with two attached hydrogens (primary N) is 1. The van der Waals surface area contributed by atoms with Crippen molar-refractivity contribution >= 4 is 29.0 Å². The highest BCUT2D eigenvalue weighted by atomic mass is 32.2. The Morgan fingerprint density at radius 1 is 1.57 bits per heavy atom. The molecule has 1 fully saturated rings. The third kappa shape index (κ3) is 2.76. The molecule has 0 aromatic heterocycles. The number of rotatable bonds is 6. The SMILES string of the molecule is CC(O)C1C(=O)N2C(C(=O)O)=C(C[S+]([O-])CC(N)=O)CC12. The molecule has 116 valence electrons. The van der Waals surface area contributed by atoms with Crippen molar-refractivity contribution in [2.24, 2.45) is 11.7 Å². The molecule has 1 saturated heterocycles. The Kier molecular flexibility index (Phi) is 4.26. The average molecular weight is 316 g/mol. The number of hydrogen-bond donors (Lipinski definition) is 3. The molecule has 0 bridgehead atoms. The number of hydrogen-bond acceptors (Lipinski definition) is 5. The van der Waals surface area contributed by atoms with Crippen LogP contribution in [0.4, 0.5) is 0 Å². The van der Waals surface area contributed by atoms with Crippen LogP contribution in [0.3, 0.4) is 0 Å². The van der Waals surface area contributed by atoms with E-state index in [4.69, 9.17) is 5.73 Å². The standard InChI is InChI=1S/C12H16N2O6S/c1-5(15)9-7-2-6(3-21(20)4-8(13)16)10(12(18)19)14(7)11(9)17/h5,7,9,15H,2-4H2,1H3,(H2,13,16)(H,18,19). The largest absolute Gasteiger partial charge is 0.616 e. The van der Waals surface area contributed by atoms with Gasteiger partial charge in [-0.15, -0.1) is 0 Å². The molecule has 0 radical (unpaired) electrons. The average Bonchev–Trinajstić information content (AvgIpc) is 2.62. The molecule has 2 rings (SSSR count). The van der Waals surface area contributed by atoms with Gasteiger partial charge in [-0.1, -0.05) is 0 Å². The number of aliphatic hydroxyl groups is 1.